The molecule has 0 aliphatic carbocycles. The van der Waals surface area contributed by atoms with Gasteiger partial charge in [0.2, 0.25) is 0 Å². The highest BCUT2D eigenvalue weighted by atomic mass is 35.5. The number of halogens is 1. The Kier molecular flexibility index (Phi) is 6.11. The fraction of sp³-hybridized carbons (Fsp3) is 0.714. The minimum Gasteiger partial charge on any atom is -0.385 e. The van der Waals surface area contributed by atoms with E-state index in [-0.39, 0.29) is 5.38 Å². The molecule has 2 heteroatoms. The molecule has 0 heterocycles. The molecule has 0 N–H and O–H groups in total. The Bertz CT molecular complexity index is 81.0. The second-order valence-electron chi connectivity index (χ2n) is 1.82. The van der Waals surface area contributed by atoms with Crippen LogP contribution in [0.15, 0.2) is 12.2 Å². The van der Waals surface area contributed by atoms with E-state index in [1.54, 1.807) is 7.11 Å². The number of methoxy groups -OCH3 is 1. The monoisotopic (exact) mass is 148 g/mol. The van der Waals surface area contributed by atoms with Gasteiger partial charge in [0.15, 0.2) is 0 Å². The predicted octanol–water partition coefficient (Wildman–Crippen LogP) is 2.21. The first-order valence-corrected chi connectivity index (χ1v) is 3.50. The minimum atomic E-state index is 0.134. The molecule has 0 aromatic rings. The Balaban J connectivity index is 3.15. The predicted molar refractivity (Wildman–Crippen MR) is 40.9 cm³/mol. The van der Waals surface area contributed by atoms with Crippen LogP contribution in [0.4, 0.5) is 0 Å². The number of allylic oxidation sites excluding steroid dienone is 2. The molecule has 0 aliphatic rings. The van der Waals surface area contributed by atoms with E-state index in [4.69, 9.17) is 16.3 Å². The highest BCUT2D eigenvalue weighted by Crippen LogP contribution is 2.02. The van der Waals surface area contributed by atoms with E-state index < -0.39 is 0 Å². The highest BCUT2D eigenvalue weighted by Gasteiger charge is 1.95. The first-order chi connectivity index (χ1) is 4.31. The summed E-state index contributed by atoms with van der Waals surface area (Å²) in [6, 6.07) is 0. The van der Waals surface area contributed by atoms with Gasteiger partial charge in [-0.05, 0) is 13.3 Å². The van der Waals surface area contributed by atoms with Crippen LogP contribution < -0.4 is 0 Å². The summed E-state index contributed by atoms with van der Waals surface area (Å²) in [6.45, 7) is 2.70. The van der Waals surface area contributed by atoms with Crippen LogP contribution in [-0.2, 0) is 4.74 Å². The standard InChI is InChI=1S/C7H13ClO/c1-3-4-7(8)5-6-9-2/h3-4,7H,5-6H2,1-2H3/b4-3+. The summed E-state index contributed by atoms with van der Waals surface area (Å²) < 4.78 is 4.84. The lowest BCUT2D eigenvalue weighted by Crippen LogP contribution is -1.98. The lowest BCUT2D eigenvalue weighted by Gasteiger charge is -2.00. The van der Waals surface area contributed by atoms with Crippen molar-refractivity contribution in [2.45, 2.75) is 18.7 Å². The summed E-state index contributed by atoms with van der Waals surface area (Å²) in [5.41, 5.74) is 0. The molecule has 0 saturated heterocycles. The molecule has 1 unspecified atom stereocenters. The molecule has 0 fully saturated rings. The van der Waals surface area contributed by atoms with Crippen molar-refractivity contribution in [3.8, 4) is 0 Å². The summed E-state index contributed by atoms with van der Waals surface area (Å²) in [6.07, 6.45) is 4.80. The van der Waals surface area contributed by atoms with Crippen LogP contribution in [0, 0.1) is 0 Å². The number of rotatable bonds is 4. The van der Waals surface area contributed by atoms with Gasteiger partial charge in [0, 0.05) is 13.7 Å². The molecule has 0 aromatic heterocycles. The normalized spacial score (nSPS) is 14.6. The molecule has 0 aromatic carbocycles. The van der Waals surface area contributed by atoms with E-state index in [9.17, 15) is 0 Å². The number of hydrogen-bond acceptors (Lipinski definition) is 1. The number of ether oxygens (including phenoxy) is 1. The smallest absolute Gasteiger partial charge is 0.0537 e. The first-order valence-electron chi connectivity index (χ1n) is 3.07. The molecule has 1 atom stereocenters. The van der Waals surface area contributed by atoms with Gasteiger partial charge in [0.05, 0.1) is 5.38 Å². The van der Waals surface area contributed by atoms with Crippen LogP contribution in [0.25, 0.3) is 0 Å². The van der Waals surface area contributed by atoms with Crippen molar-refractivity contribution in [2.75, 3.05) is 13.7 Å². The van der Waals surface area contributed by atoms with E-state index in [2.05, 4.69) is 0 Å². The van der Waals surface area contributed by atoms with Crippen molar-refractivity contribution >= 4 is 11.6 Å². The van der Waals surface area contributed by atoms with Crippen molar-refractivity contribution < 1.29 is 4.74 Å². The molecule has 0 aliphatic heterocycles. The van der Waals surface area contributed by atoms with Crippen molar-refractivity contribution in [1.82, 2.24) is 0 Å². The quantitative estimate of drug-likeness (QED) is 0.439. The zero-order chi connectivity index (χ0) is 7.11. The average molecular weight is 149 g/mol. The zero-order valence-electron chi connectivity index (χ0n) is 5.93. The van der Waals surface area contributed by atoms with E-state index >= 15 is 0 Å². The molecule has 0 spiro atoms. The van der Waals surface area contributed by atoms with Crippen LogP contribution in [0.1, 0.15) is 13.3 Å². The molecule has 9 heavy (non-hydrogen) atoms. The van der Waals surface area contributed by atoms with Crippen molar-refractivity contribution in [1.29, 1.82) is 0 Å². The fourth-order valence-corrected chi connectivity index (χ4v) is 0.770. The van der Waals surface area contributed by atoms with Crippen LogP contribution in [0.3, 0.4) is 0 Å². The molecule has 0 radical (unpaired) electrons. The molecular formula is C7H13ClO. The Morgan fingerprint density at radius 3 is 2.78 bits per heavy atom. The fourth-order valence-electron chi connectivity index (χ4n) is 0.535. The van der Waals surface area contributed by atoms with Gasteiger partial charge in [-0.2, -0.15) is 0 Å². The van der Waals surface area contributed by atoms with Gasteiger partial charge in [-0.15, -0.1) is 11.6 Å². The highest BCUT2D eigenvalue weighted by molar-refractivity contribution is 6.21. The Labute approximate surface area is 61.7 Å². The second kappa shape index (κ2) is 6.12. The van der Waals surface area contributed by atoms with Gasteiger partial charge in [-0.25, -0.2) is 0 Å². The SMILES string of the molecule is C/C=C/C(Cl)CCOC. The zero-order valence-corrected chi connectivity index (χ0v) is 6.69. The van der Waals surface area contributed by atoms with E-state index in [0.29, 0.717) is 0 Å². The minimum absolute atomic E-state index is 0.134. The summed E-state index contributed by atoms with van der Waals surface area (Å²) in [5.74, 6) is 0. The number of alkyl halides is 1. The van der Waals surface area contributed by atoms with Gasteiger partial charge in [0.25, 0.3) is 0 Å². The molecular weight excluding hydrogens is 136 g/mol. The Morgan fingerprint density at radius 1 is 1.67 bits per heavy atom. The average Bonchev–Trinajstić information content (AvgIpc) is 1.85. The second-order valence-corrected chi connectivity index (χ2v) is 2.38. The lowest BCUT2D eigenvalue weighted by molar-refractivity contribution is 0.196. The molecule has 0 bridgehead atoms. The maximum Gasteiger partial charge on any atom is 0.0537 e. The van der Waals surface area contributed by atoms with Crippen molar-refractivity contribution in [3.05, 3.63) is 12.2 Å². The van der Waals surface area contributed by atoms with E-state index in [0.717, 1.165) is 13.0 Å². The largest absolute Gasteiger partial charge is 0.385 e. The van der Waals surface area contributed by atoms with E-state index in [1.807, 2.05) is 19.1 Å². The molecule has 1 nitrogen and oxygen atoms in total. The van der Waals surface area contributed by atoms with Gasteiger partial charge >= 0.3 is 0 Å². The summed E-state index contributed by atoms with van der Waals surface area (Å²) in [5, 5.41) is 0.134. The van der Waals surface area contributed by atoms with Gasteiger partial charge in [-0.1, -0.05) is 12.2 Å². The van der Waals surface area contributed by atoms with Crippen molar-refractivity contribution in [3.63, 3.8) is 0 Å². The molecule has 0 saturated carbocycles. The maximum absolute atomic E-state index is 5.79. The third-order valence-corrected chi connectivity index (χ3v) is 1.36. The van der Waals surface area contributed by atoms with Crippen molar-refractivity contribution in [2.24, 2.45) is 0 Å². The van der Waals surface area contributed by atoms with Gasteiger partial charge in [-0.3, -0.25) is 0 Å². The van der Waals surface area contributed by atoms with Gasteiger partial charge in [0.1, 0.15) is 0 Å². The van der Waals surface area contributed by atoms with Gasteiger partial charge < -0.3 is 4.74 Å². The lowest BCUT2D eigenvalue weighted by atomic mass is 10.3. The van der Waals surface area contributed by atoms with Crippen LogP contribution in [-0.4, -0.2) is 19.1 Å². The van der Waals surface area contributed by atoms with Crippen LogP contribution in [0.5, 0.6) is 0 Å². The number of hydrogen-bond donors (Lipinski definition) is 0. The molecule has 54 valence electrons. The third kappa shape index (κ3) is 5.87. The van der Waals surface area contributed by atoms with Crippen LogP contribution >= 0.6 is 11.6 Å². The Morgan fingerprint density at radius 2 is 2.33 bits per heavy atom. The molecule has 0 rings (SSSR count). The maximum atomic E-state index is 5.79. The summed E-state index contributed by atoms with van der Waals surface area (Å²) >= 11 is 5.79. The Hall–Kier alpha value is -0.0100. The van der Waals surface area contributed by atoms with E-state index in [1.165, 1.54) is 0 Å². The molecule has 0 amide bonds. The third-order valence-electron chi connectivity index (χ3n) is 0.999. The summed E-state index contributed by atoms with van der Waals surface area (Å²) in [4.78, 5) is 0. The first kappa shape index (κ1) is 8.99. The van der Waals surface area contributed by atoms with Crippen LogP contribution in [0.2, 0.25) is 0 Å². The summed E-state index contributed by atoms with van der Waals surface area (Å²) in [7, 11) is 1.68. The topological polar surface area (TPSA) is 9.23 Å².